The van der Waals surface area contributed by atoms with Crippen LogP contribution >= 0.6 is 34.3 Å². The third-order valence-electron chi connectivity index (χ3n) is 3.99. The molecule has 0 saturated carbocycles. The highest BCUT2D eigenvalue weighted by molar-refractivity contribution is 7.15. The second-order valence-corrected chi connectivity index (χ2v) is 8.07. The second kappa shape index (κ2) is 7.69. The van der Waals surface area contributed by atoms with Crippen LogP contribution < -0.4 is 4.74 Å². The molecule has 1 amide bonds. The highest BCUT2D eigenvalue weighted by Gasteiger charge is 2.28. The summed E-state index contributed by atoms with van der Waals surface area (Å²) >= 11 is 8.78. The van der Waals surface area contributed by atoms with Gasteiger partial charge in [0.15, 0.2) is 5.01 Å². The zero-order valence-corrected chi connectivity index (χ0v) is 16.1. The van der Waals surface area contributed by atoms with E-state index in [1.807, 2.05) is 22.9 Å². The number of ether oxygens (including phenoxy) is 1. The number of hydrogen-bond acceptors (Lipinski definition) is 7. The van der Waals surface area contributed by atoms with Crippen LogP contribution in [-0.2, 0) is 0 Å². The summed E-state index contributed by atoms with van der Waals surface area (Å²) in [5, 5.41) is 4.90. The fourth-order valence-electron chi connectivity index (χ4n) is 2.77. The predicted octanol–water partition coefficient (Wildman–Crippen LogP) is 4.00. The summed E-state index contributed by atoms with van der Waals surface area (Å²) in [6, 6.07) is 4.26. The standard InChI is InChI=1S/C17H15ClN4O2S2/c18-11-7-19-17(20-8-11)24-12-3-1-5-22(9-12)16(23)15-21-13(10-26-15)14-4-2-6-25-14/h2,4,6-8,10,12H,1,3,5,9H2. The van der Waals surface area contributed by atoms with Gasteiger partial charge < -0.3 is 9.64 Å². The van der Waals surface area contributed by atoms with Crippen molar-refractivity contribution >= 4 is 40.2 Å². The van der Waals surface area contributed by atoms with E-state index in [0.29, 0.717) is 23.1 Å². The summed E-state index contributed by atoms with van der Waals surface area (Å²) < 4.78 is 5.80. The zero-order chi connectivity index (χ0) is 17.9. The largest absolute Gasteiger partial charge is 0.458 e. The molecule has 0 aromatic carbocycles. The molecule has 9 heteroatoms. The highest BCUT2D eigenvalue weighted by atomic mass is 35.5. The first kappa shape index (κ1) is 17.4. The van der Waals surface area contributed by atoms with Crippen LogP contribution in [0.5, 0.6) is 6.01 Å². The van der Waals surface area contributed by atoms with Crippen LogP contribution in [0.3, 0.4) is 0 Å². The summed E-state index contributed by atoms with van der Waals surface area (Å²) in [4.78, 5) is 28.3. The van der Waals surface area contributed by atoms with E-state index in [2.05, 4.69) is 15.0 Å². The van der Waals surface area contributed by atoms with Gasteiger partial charge in [-0.2, -0.15) is 0 Å². The summed E-state index contributed by atoms with van der Waals surface area (Å²) in [6.45, 7) is 1.20. The summed E-state index contributed by atoms with van der Waals surface area (Å²) in [5.74, 6) is -0.0527. The second-order valence-electron chi connectivity index (χ2n) is 5.83. The van der Waals surface area contributed by atoms with Crippen molar-refractivity contribution < 1.29 is 9.53 Å². The van der Waals surface area contributed by atoms with Gasteiger partial charge in [0, 0.05) is 11.9 Å². The average Bonchev–Trinajstić information content (AvgIpc) is 3.35. The number of thiazole rings is 1. The van der Waals surface area contributed by atoms with Gasteiger partial charge in [0.25, 0.3) is 5.91 Å². The fraction of sp³-hybridized carbons (Fsp3) is 0.294. The van der Waals surface area contributed by atoms with Crippen LogP contribution in [0.15, 0.2) is 35.3 Å². The number of carbonyl (C=O) groups is 1. The minimum absolute atomic E-state index is 0.0527. The number of piperidine rings is 1. The number of amides is 1. The third-order valence-corrected chi connectivity index (χ3v) is 5.91. The molecule has 0 aliphatic carbocycles. The van der Waals surface area contributed by atoms with Gasteiger partial charge in [-0.15, -0.1) is 22.7 Å². The van der Waals surface area contributed by atoms with Crippen LogP contribution in [-0.4, -0.2) is 45.0 Å². The lowest BCUT2D eigenvalue weighted by atomic mass is 10.1. The Bertz CT molecular complexity index is 883. The molecule has 3 aromatic rings. The van der Waals surface area contributed by atoms with E-state index >= 15 is 0 Å². The van der Waals surface area contributed by atoms with E-state index in [4.69, 9.17) is 16.3 Å². The van der Waals surface area contributed by atoms with E-state index in [-0.39, 0.29) is 18.0 Å². The topological polar surface area (TPSA) is 68.2 Å². The Kier molecular flexibility index (Phi) is 5.14. The Balaban J connectivity index is 1.42. The quantitative estimate of drug-likeness (QED) is 0.655. The lowest BCUT2D eigenvalue weighted by molar-refractivity contribution is 0.0515. The Morgan fingerprint density at radius 3 is 2.92 bits per heavy atom. The molecule has 1 unspecified atom stereocenters. The van der Waals surface area contributed by atoms with Gasteiger partial charge in [-0.05, 0) is 24.3 Å². The predicted molar refractivity (Wildman–Crippen MR) is 102 cm³/mol. The average molecular weight is 407 g/mol. The van der Waals surface area contributed by atoms with E-state index in [0.717, 1.165) is 23.4 Å². The molecule has 0 N–H and O–H groups in total. The smallest absolute Gasteiger partial charge is 0.316 e. The molecule has 1 aliphatic heterocycles. The molecule has 1 fully saturated rings. The normalized spacial score (nSPS) is 17.3. The minimum atomic E-state index is -0.134. The molecule has 134 valence electrons. The molecule has 1 saturated heterocycles. The van der Waals surface area contributed by atoms with E-state index in [1.54, 1.807) is 16.2 Å². The summed E-state index contributed by atoms with van der Waals surface area (Å²) in [6.07, 6.45) is 4.58. The van der Waals surface area contributed by atoms with Crippen molar-refractivity contribution in [1.82, 2.24) is 19.9 Å². The van der Waals surface area contributed by atoms with E-state index in [9.17, 15) is 4.79 Å². The molecular weight excluding hydrogens is 392 g/mol. The van der Waals surface area contributed by atoms with Gasteiger partial charge in [0.1, 0.15) is 6.10 Å². The monoisotopic (exact) mass is 406 g/mol. The molecule has 4 rings (SSSR count). The number of likely N-dealkylation sites (tertiary alicyclic amines) is 1. The number of carbonyl (C=O) groups excluding carboxylic acids is 1. The molecule has 0 spiro atoms. The maximum atomic E-state index is 12.8. The number of hydrogen-bond donors (Lipinski definition) is 0. The van der Waals surface area contributed by atoms with Crippen LogP contribution in [0.2, 0.25) is 5.02 Å². The number of rotatable bonds is 4. The van der Waals surface area contributed by atoms with Crippen LogP contribution in [0, 0.1) is 0 Å². The number of halogens is 1. The molecule has 0 bridgehead atoms. The fourth-order valence-corrected chi connectivity index (χ4v) is 4.42. The van der Waals surface area contributed by atoms with Crippen molar-refractivity contribution in [2.75, 3.05) is 13.1 Å². The molecule has 1 atom stereocenters. The summed E-state index contributed by atoms with van der Waals surface area (Å²) in [7, 11) is 0. The SMILES string of the molecule is O=C(c1nc(-c2cccs2)cs1)N1CCCC(Oc2ncc(Cl)cn2)C1. The zero-order valence-electron chi connectivity index (χ0n) is 13.7. The van der Waals surface area contributed by atoms with Crippen molar-refractivity contribution in [2.45, 2.75) is 18.9 Å². The molecule has 4 heterocycles. The van der Waals surface area contributed by atoms with Crippen LogP contribution in [0.25, 0.3) is 10.6 Å². The molecule has 6 nitrogen and oxygen atoms in total. The van der Waals surface area contributed by atoms with Crippen molar-refractivity contribution in [3.63, 3.8) is 0 Å². The third kappa shape index (κ3) is 3.87. The lowest BCUT2D eigenvalue weighted by Gasteiger charge is -2.31. The van der Waals surface area contributed by atoms with Crippen LogP contribution in [0.4, 0.5) is 0 Å². The molecule has 0 radical (unpaired) electrons. The maximum absolute atomic E-state index is 12.8. The van der Waals surface area contributed by atoms with E-state index < -0.39 is 0 Å². The van der Waals surface area contributed by atoms with Gasteiger partial charge >= 0.3 is 6.01 Å². The van der Waals surface area contributed by atoms with Gasteiger partial charge in [-0.1, -0.05) is 17.7 Å². The summed E-state index contributed by atoms with van der Waals surface area (Å²) in [5.41, 5.74) is 0.854. The Morgan fingerprint density at radius 2 is 2.15 bits per heavy atom. The molecule has 1 aliphatic rings. The van der Waals surface area contributed by atoms with Gasteiger partial charge in [0.05, 0.1) is 34.5 Å². The molecular formula is C17H15ClN4O2S2. The Morgan fingerprint density at radius 1 is 1.31 bits per heavy atom. The Labute approximate surface area is 163 Å². The number of aromatic nitrogens is 3. The molecule has 3 aromatic heterocycles. The lowest BCUT2D eigenvalue weighted by Crippen LogP contribution is -2.44. The maximum Gasteiger partial charge on any atom is 0.316 e. The first-order valence-corrected chi connectivity index (χ1v) is 10.3. The number of nitrogens with zero attached hydrogens (tertiary/aromatic N) is 4. The van der Waals surface area contributed by atoms with Gasteiger partial charge in [0.2, 0.25) is 0 Å². The highest BCUT2D eigenvalue weighted by Crippen LogP contribution is 2.27. The van der Waals surface area contributed by atoms with Gasteiger partial charge in [-0.25, -0.2) is 15.0 Å². The minimum Gasteiger partial charge on any atom is -0.458 e. The first-order chi connectivity index (χ1) is 12.7. The van der Waals surface area contributed by atoms with Crippen molar-refractivity contribution in [1.29, 1.82) is 0 Å². The van der Waals surface area contributed by atoms with E-state index in [1.165, 1.54) is 23.7 Å². The first-order valence-electron chi connectivity index (χ1n) is 8.12. The van der Waals surface area contributed by atoms with Crippen molar-refractivity contribution in [3.05, 3.63) is 45.3 Å². The van der Waals surface area contributed by atoms with Crippen molar-refractivity contribution in [2.24, 2.45) is 0 Å². The number of thiophene rings is 1. The van der Waals surface area contributed by atoms with Gasteiger partial charge in [-0.3, -0.25) is 4.79 Å². The van der Waals surface area contributed by atoms with Crippen molar-refractivity contribution in [3.8, 4) is 16.6 Å². The Hall–Kier alpha value is -2.03. The van der Waals surface area contributed by atoms with Crippen LogP contribution in [0.1, 0.15) is 22.6 Å². The molecule has 26 heavy (non-hydrogen) atoms.